The molecule has 1 radical (unpaired) electrons. The number of carbonyl (C=O) groups excluding carboxylic acids is 4. The predicted molar refractivity (Wildman–Crippen MR) is 102 cm³/mol. The maximum Gasteiger partial charge on any atom is 3.00 e. The van der Waals surface area contributed by atoms with Crippen molar-refractivity contribution in [2.45, 2.75) is 13.8 Å². The van der Waals surface area contributed by atoms with Crippen molar-refractivity contribution in [3.63, 3.8) is 0 Å². The second-order valence-corrected chi connectivity index (χ2v) is 4.82. The molecular weight excluding hydrogens is 468 g/mol. The molecule has 0 aliphatic carbocycles. The number of ketones is 2. The van der Waals surface area contributed by atoms with Gasteiger partial charge in [-0.1, -0.05) is 36.4 Å². The summed E-state index contributed by atoms with van der Waals surface area (Å²) in [5.74, 6) is -0.570. The van der Waals surface area contributed by atoms with Crippen LogP contribution in [0, 0.1) is 47.3 Å². The largest absolute Gasteiger partial charge is 3.00 e. The normalized spacial score (nSPS) is 8.23. The Hall–Kier alpha value is -2.06. The van der Waals surface area contributed by atoms with Gasteiger partial charge < -0.3 is 19.8 Å². The maximum absolute atomic E-state index is 9.83. The Labute approximate surface area is 184 Å². The smallest absolute Gasteiger partial charge is 0.524 e. The van der Waals surface area contributed by atoms with Crippen LogP contribution in [0.3, 0.4) is 0 Å². The molecule has 133 valence electrons. The van der Waals surface area contributed by atoms with Crippen LogP contribution < -0.4 is 0 Å². The van der Waals surface area contributed by atoms with Crippen LogP contribution in [0.5, 0.6) is 0 Å². The fourth-order valence-corrected chi connectivity index (χ4v) is 1.51. The van der Waals surface area contributed by atoms with Gasteiger partial charge in [-0.15, -0.1) is 24.3 Å². The van der Waals surface area contributed by atoms with E-state index in [9.17, 15) is 9.59 Å². The summed E-state index contributed by atoms with van der Waals surface area (Å²) in [6.45, 7) is 2.61. The third kappa shape index (κ3) is 14.3. The first kappa shape index (κ1) is 26.2. The van der Waals surface area contributed by atoms with Crippen LogP contribution in [-0.2, 0) is 0 Å². The van der Waals surface area contributed by atoms with Gasteiger partial charge in [0, 0.05) is 6.42 Å². The molecule has 6 nitrogen and oxygen atoms in total. The fraction of sp³-hybridized carbons (Fsp3) is 0.105. The van der Waals surface area contributed by atoms with Crippen molar-refractivity contribution >= 4 is 23.5 Å². The van der Waals surface area contributed by atoms with Crippen molar-refractivity contribution in [2.24, 2.45) is 0 Å². The molecule has 0 saturated carbocycles. The van der Waals surface area contributed by atoms with Crippen LogP contribution in [-0.4, -0.2) is 52.9 Å². The summed E-state index contributed by atoms with van der Waals surface area (Å²) in [7, 11) is 0. The van der Waals surface area contributed by atoms with Crippen molar-refractivity contribution in [2.75, 3.05) is 0 Å². The summed E-state index contributed by atoms with van der Waals surface area (Å²) < 4.78 is 0. The van der Waals surface area contributed by atoms with Gasteiger partial charge in [-0.25, -0.2) is 9.59 Å². The van der Waals surface area contributed by atoms with Gasteiger partial charge >= 0.3 is 52.8 Å². The predicted octanol–water partition coefficient (Wildman–Crippen LogP) is 0.844. The molecule has 0 amide bonds. The second-order valence-electron chi connectivity index (χ2n) is 4.82. The van der Waals surface area contributed by atoms with Gasteiger partial charge in [0.05, 0.1) is 0 Å². The van der Waals surface area contributed by atoms with Crippen molar-refractivity contribution in [1.82, 2.24) is 0 Å². The van der Waals surface area contributed by atoms with Crippen LogP contribution in [0.25, 0.3) is 0 Å². The summed E-state index contributed by atoms with van der Waals surface area (Å²) in [6.07, 6.45) is 1.35. The van der Waals surface area contributed by atoms with Crippen LogP contribution >= 0.6 is 0 Å². The Morgan fingerprint density at radius 3 is 1.12 bits per heavy atom. The Morgan fingerprint density at radius 1 is 0.654 bits per heavy atom. The summed E-state index contributed by atoms with van der Waals surface area (Å²) in [6, 6.07) is 18.2. The standard InChI is InChI=1S/C15H11O2.2C2H4O2.Nd/c16-14(12-7-3-1-4-8-12)11-15(17)13-9-5-2-6-10-13;2*1-2(3)4;/h1-11H;2*1H3,(H,3,4);/q-1;;;+3/p+6. The van der Waals surface area contributed by atoms with Crippen molar-refractivity contribution in [3.05, 3.63) is 78.2 Å². The molecule has 0 aromatic heterocycles. The van der Waals surface area contributed by atoms with Gasteiger partial charge in [0.2, 0.25) is 0 Å². The first-order chi connectivity index (χ1) is 11.7. The Balaban J connectivity index is 0. The molecule has 7 heteroatoms. The number of rotatable bonds is 4. The van der Waals surface area contributed by atoms with E-state index in [-0.39, 0.29) is 64.3 Å². The molecule has 0 unspecified atom stereocenters. The second kappa shape index (κ2) is 15.2. The van der Waals surface area contributed by atoms with E-state index in [0.29, 0.717) is 11.1 Å². The van der Waals surface area contributed by atoms with E-state index >= 15 is 0 Å². The zero-order chi connectivity index (χ0) is 19.2. The topological polar surface area (TPSA) is 131 Å². The molecule has 0 fully saturated rings. The van der Waals surface area contributed by atoms with Crippen LogP contribution in [0.15, 0.2) is 60.7 Å². The first-order valence-corrected chi connectivity index (χ1v) is 7.29. The molecule has 0 saturated heterocycles. The summed E-state index contributed by atoms with van der Waals surface area (Å²) >= 11 is 0. The van der Waals surface area contributed by atoms with Crippen molar-refractivity contribution < 1.29 is 70.2 Å². The Morgan fingerprint density at radius 2 is 0.885 bits per heavy atom. The SMILES string of the molecule is CC(=[OH+])[OH2+].CC(=[OH+])[OH2+].[Nd+3].[OH+]=C([CH-]C(=[OH+])c1ccccc1)c1ccccc1. The molecule has 2 rings (SSSR count). The first-order valence-electron chi connectivity index (χ1n) is 7.29. The number of hydrogen-bond acceptors (Lipinski definition) is 0. The molecule has 0 aliphatic heterocycles. The van der Waals surface area contributed by atoms with E-state index in [4.69, 9.17) is 19.8 Å². The van der Waals surface area contributed by atoms with E-state index < -0.39 is 0 Å². The van der Waals surface area contributed by atoms with E-state index in [2.05, 4.69) is 0 Å². The molecule has 0 atom stereocenters. The Bertz CT molecular complexity index is 629. The Kier molecular flexibility index (Phi) is 15.3. The van der Waals surface area contributed by atoms with Gasteiger partial charge in [0.15, 0.2) is 0 Å². The average molecular weight is 494 g/mol. The van der Waals surface area contributed by atoms with Crippen LogP contribution in [0.4, 0.5) is 0 Å². The van der Waals surface area contributed by atoms with E-state index in [1.54, 1.807) is 24.3 Å². The maximum atomic E-state index is 9.83. The molecule has 2 aromatic carbocycles. The molecule has 0 heterocycles. The molecular formula is C19H25NdO6+8. The van der Waals surface area contributed by atoms with Gasteiger partial charge in [0.1, 0.15) is 13.8 Å². The summed E-state index contributed by atoms with van der Waals surface area (Å²) in [5.41, 5.74) is 1.35. The van der Waals surface area contributed by atoms with E-state index in [1.165, 1.54) is 20.3 Å². The summed E-state index contributed by atoms with van der Waals surface area (Å²) in [4.78, 5) is 34.9. The minimum atomic E-state index is -0.333. The molecule has 2 aromatic rings. The average Bonchev–Trinajstić information content (AvgIpc) is 2.55. The molecule has 0 spiro atoms. The fourth-order valence-electron chi connectivity index (χ4n) is 1.51. The number of hydrogen-bond donors (Lipinski definition) is 0. The van der Waals surface area contributed by atoms with Crippen molar-refractivity contribution in [1.29, 1.82) is 0 Å². The van der Waals surface area contributed by atoms with Crippen LogP contribution in [0.2, 0.25) is 0 Å². The monoisotopic (exact) mass is 491 g/mol. The minimum Gasteiger partial charge on any atom is -0.524 e. The van der Waals surface area contributed by atoms with Crippen LogP contribution in [0.1, 0.15) is 25.0 Å². The van der Waals surface area contributed by atoms with Gasteiger partial charge in [-0.3, -0.25) is 0 Å². The van der Waals surface area contributed by atoms with Gasteiger partial charge in [0.25, 0.3) is 11.6 Å². The summed E-state index contributed by atoms with van der Waals surface area (Å²) in [5, 5.41) is 12.1. The minimum absolute atomic E-state index is 0. The number of benzene rings is 2. The third-order valence-corrected chi connectivity index (χ3v) is 2.41. The van der Waals surface area contributed by atoms with Gasteiger partial charge in [-0.05, 0) is 11.1 Å². The van der Waals surface area contributed by atoms with Gasteiger partial charge in [-0.2, -0.15) is 0 Å². The van der Waals surface area contributed by atoms with E-state index in [1.807, 2.05) is 36.4 Å². The molecule has 26 heavy (non-hydrogen) atoms. The quantitative estimate of drug-likeness (QED) is 0.259. The third-order valence-electron chi connectivity index (χ3n) is 2.41. The zero-order valence-electron chi connectivity index (χ0n) is 14.6. The molecule has 0 bridgehead atoms. The van der Waals surface area contributed by atoms with E-state index in [0.717, 1.165) is 0 Å². The van der Waals surface area contributed by atoms with Crippen molar-refractivity contribution in [3.8, 4) is 0 Å². The zero-order valence-corrected chi connectivity index (χ0v) is 17.8. The molecule has 0 aliphatic rings. The molecule has 8 N–H and O–H groups in total.